The van der Waals surface area contributed by atoms with E-state index < -0.39 is 16.0 Å². The normalized spacial score (nSPS) is 11.1. The van der Waals surface area contributed by atoms with E-state index in [4.69, 9.17) is 19.3 Å². The number of rotatable bonds is 8. The van der Waals surface area contributed by atoms with Crippen LogP contribution < -0.4 is 19.3 Å². The van der Waals surface area contributed by atoms with Gasteiger partial charge in [0.2, 0.25) is 10.0 Å². The molecular weight excluding hydrogens is 486 g/mol. The zero-order valence-electron chi connectivity index (χ0n) is 19.2. The van der Waals surface area contributed by atoms with Gasteiger partial charge in [0, 0.05) is 11.1 Å². The van der Waals surface area contributed by atoms with E-state index in [0.717, 1.165) is 0 Å². The van der Waals surface area contributed by atoms with Crippen molar-refractivity contribution in [2.45, 2.75) is 4.90 Å². The van der Waals surface area contributed by atoms with Crippen molar-refractivity contribution in [1.82, 2.24) is 9.78 Å². The van der Waals surface area contributed by atoms with E-state index in [1.807, 2.05) is 0 Å². The number of aromatic nitrogens is 2. The van der Waals surface area contributed by atoms with Gasteiger partial charge in [-0.05, 0) is 72.8 Å². The molecule has 0 saturated heterocycles. The van der Waals surface area contributed by atoms with Gasteiger partial charge in [0.1, 0.15) is 12.0 Å². The van der Waals surface area contributed by atoms with E-state index in [9.17, 15) is 18.0 Å². The van der Waals surface area contributed by atoms with Gasteiger partial charge in [0.25, 0.3) is 0 Å². The highest BCUT2D eigenvalue weighted by atomic mass is 32.2. The van der Waals surface area contributed by atoms with Gasteiger partial charge in [-0.3, -0.25) is 4.79 Å². The Morgan fingerprint density at radius 1 is 0.917 bits per heavy atom. The molecule has 4 aromatic rings. The molecule has 0 radical (unpaired) electrons. The van der Waals surface area contributed by atoms with Gasteiger partial charge in [-0.2, -0.15) is 5.10 Å². The van der Waals surface area contributed by atoms with Gasteiger partial charge >= 0.3 is 5.97 Å². The van der Waals surface area contributed by atoms with Crippen LogP contribution in [0.15, 0.2) is 77.7 Å². The SMILES string of the molecule is COc1ccc(-c2cc(C(=O)Oc3ccc(C=O)cc3OC)nn2-c2ccc(S(N)(=O)=O)cc2)cc1. The van der Waals surface area contributed by atoms with Crippen molar-refractivity contribution < 1.29 is 32.2 Å². The number of carbonyl (C=O) groups excluding carboxylic acids is 2. The molecule has 1 aromatic heterocycles. The first kappa shape index (κ1) is 24.6. The Bertz CT molecular complexity index is 1530. The van der Waals surface area contributed by atoms with Crippen molar-refractivity contribution in [2.75, 3.05) is 14.2 Å². The summed E-state index contributed by atoms with van der Waals surface area (Å²) >= 11 is 0. The predicted octanol–water partition coefficient (Wildman–Crippen LogP) is 3.24. The van der Waals surface area contributed by atoms with Crippen LogP contribution in [0.2, 0.25) is 0 Å². The molecule has 0 unspecified atom stereocenters. The highest BCUT2D eigenvalue weighted by molar-refractivity contribution is 7.89. The number of nitrogens with two attached hydrogens (primary N) is 1. The number of sulfonamides is 1. The number of hydrogen-bond acceptors (Lipinski definition) is 8. The van der Waals surface area contributed by atoms with Crippen molar-refractivity contribution >= 4 is 22.3 Å². The molecule has 0 saturated carbocycles. The summed E-state index contributed by atoms with van der Waals surface area (Å²) in [4.78, 5) is 24.0. The van der Waals surface area contributed by atoms with E-state index in [2.05, 4.69) is 5.10 Å². The number of aldehydes is 1. The molecule has 0 fully saturated rings. The van der Waals surface area contributed by atoms with E-state index in [1.165, 1.54) is 54.3 Å². The first-order valence-corrected chi connectivity index (χ1v) is 12.0. The van der Waals surface area contributed by atoms with E-state index in [1.54, 1.807) is 37.4 Å². The van der Waals surface area contributed by atoms with Gasteiger partial charge in [-0.15, -0.1) is 0 Å². The van der Waals surface area contributed by atoms with Crippen LogP contribution >= 0.6 is 0 Å². The molecule has 2 N–H and O–H groups in total. The summed E-state index contributed by atoms with van der Waals surface area (Å²) in [5, 5.41) is 9.61. The monoisotopic (exact) mass is 507 g/mol. The number of carbonyl (C=O) groups is 2. The maximum Gasteiger partial charge on any atom is 0.364 e. The Kier molecular flexibility index (Phi) is 6.86. The minimum absolute atomic E-state index is 0.0159. The zero-order valence-corrected chi connectivity index (χ0v) is 20.1. The summed E-state index contributed by atoms with van der Waals surface area (Å²) < 4.78 is 40.7. The Morgan fingerprint density at radius 3 is 2.19 bits per heavy atom. The highest BCUT2D eigenvalue weighted by Crippen LogP contribution is 2.30. The third kappa shape index (κ3) is 5.11. The third-order valence-electron chi connectivity index (χ3n) is 5.24. The van der Waals surface area contributed by atoms with Crippen molar-refractivity contribution in [3.05, 3.63) is 84.1 Å². The predicted molar refractivity (Wildman–Crippen MR) is 130 cm³/mol. The van der Waals surface area contributed by atoms with Crippen LogP contribution in [0.1, 0.15) is 20.8 Å². The number of benzene rings is 3. The van der Waals surface area contributed by atoms with Crippen LogP contribution in [-0.4, -0.2) is 44.7 Å². The van der Waals surface area contributed by atoms with Gasteiger partial charge in [-0.1, -0.05) is 0 Å². The number of primary sulfonamides is 1. The topological polar surface area (TPSA) is 140 Å². The Labute approximate surface area is 206 Å². The second kappa shape index (κ2) is 10.0. The molecule has 3 aromatic carbocycles. The molecule has 184 valence electrons. The Morgan fingerprint density at radius 2 is 1.61 bits per heavy atom. The Hall–Kier alpha value is -4.48. The Balaban J connectivity index is 1.76. The van der Waals surface area contributed by atoms with Gasteiger partial charge in [-0.25, -0.2) is 23.0 Å². The molecule has 0 spiro atoms. The van der Waals surface area contributed by atoms with E-state index >= 15 is 0 Å². The van der Waals surface area contributed by atoms with E-state index in [-0.39, 0.29) is 22.1 Å². The molecule has 0 atom stereocenters. The molecule has 0 aliphatic carbocycles. The first-order chi connectivity index (χ1) is 17.2. The van der Waals surface area contributed by atoms with Crippen LogP contribution in [0.5, 0.6) is 17.2 Å². The molecule has 0 aliphatic rings. The average Bonchev–Trinajstić information content (AvgIpc) is 3.34. The highest BCUT2D eigenvalue weighted by Gasteiger charge is 2.21. The lowest BCUT2D eigenvalue weighted by molar-refractivity contribution is 0.0723. The summed E-state index contributed by atoms with van der Waals surface area (Å²) in [6.45, 7) is 0. The first-order valence-electron chi connectivity index (χ1n) is 10.5. The van der Waals surface area contributed by atoms with Crippen LogP contribution in [0, 0.1) is 0 Å². The second-order valence-electron chi connectivity index (χ2n) is 7.51. The second-order valence-corrected chi connectivity index (χ2v) is 9.07. The summed E-state index contributed by atoms with van der Waals surface area (Å²) in [5.74, 6) is 0.210. The minimum Gasteiger partial charge on any atom is -0.497 e. The molecule has 0 bridgehead atoms. The van der Waals surface area contributed by atoms with Crippen molar-refractivity contribution in [3.63, 3.8) is 0 Å². The number of hydrogen-bond donors (Lipinski definition) is 1. The lowest BCUT2D eigenvalue weighted by atomic mass is 10.1. The van der Waals surface area contributed by atoms with Gasteiger partial charge < -0.3 is 14.2 Å². The lowest BCUT2D eigenvalue weighted by Gasteiger charge is -2.09. The van der Waals surface area contributed by atoms with Crippen molar-refractivity contribution in [2.24, 2.45) is 5.14 Å². The summed E-state index contributed by atoms with van der Waals surface area (Å²) in [6.07, 6.45) is 0.651. The van der Waals surface area contributed by atoms with Crippen LogP contribution in [0.4, 0.5) is 0 Å². The van der Waals surface area contributed by atoms with Crippen LogP contribution in [-0.2, 0) is 10.0 Å². The van der Waals surface area contributed by atoms with E-state index in [0.29, 0.717) is 34.5 Å². The number of nitrogens with zero attached hydrogens (tertiary/aromatic N) is 2. The number of methoxy groups -OCH3 is 2. The molecule has 1 heterocycles. The average molecular weight is 508 g/mol. The number of esters is 1. The molecule has 36 heavy (non-hydrogen) atoms. The fourth-order valence-electron chi connectivity index (χ4n) is 3.42. The molecule has 4 rings (SSSR count). The van der Waals surface area contributed by atoms with Gasteiger partial charge in [0.05, 0.1) is 30.5 Å². The minimum atomic E-state index is -3.88. The third-order valence-corrected chi connectivity index (χ3v) is 6.17. The van der Waals surface area contributed by atoms with Crippen LogP contribution in [0.3, 0.4) is 0 Å². The molecule has 0 aliphatic heterocycles. The quantitative estimate of drug-likeness (QED) is 0.218. The maximum atomic E-state index is 13.0. The molecule has 11 heteroatoms. The molecule has 0 amide bonds. The van der Waals surface area contributed by atoms with Gasteiger partial charge in [0.15, 0.2) is 17.2 Å². The molecular formula is C25H21N3O7S. The summed E-state index contributed by atoms with van der Waals surface area (Å²) in [6, 6.07) is 18.8. The fraction of sp³-hybridized carbons (Fsp3) is 0.0800. The zero-order chi connectivity index (χ0) is 25.9. The van der Waals surface area contributed by atoms with Crippen molar-refractivity contribution in [1.29, 1.82) is 0 Å². The summed E-state index contributed by atoms with van der Waals surface area (Å²) in [5.41, 5.74) is 2.08. The maximum absolute atomic E-state index is 13.0. The smallest absolute Gasteiger partial charge is 0.364 e. The number of ether oxygens (including phenoxy) is 3. The molecule has 10 nitrogen and oxygen atoms in total. The fourth-order valence-corrected chi connectivity index (χ4v) is 3.93. The van der Waals surface area contributed by atoms with Crippen molar-refractivity contribution in [3.8, 4) is 34.2 Å². The standard InChI is InChI=1S/C25H21N3O7S/c1-33-19-8-4-17(5-9-19)22-14-21(25(30)35-23-12-3-16(15-29)13-24(23)34-2)27-28(22)18-6-10-20(11-7-18)36(26,31)32/h3-15H,1-2H3,(H2,26,31,32). The summed E-state index contributed by atoms with van der Waals surface area (Å²) in [7, 11) is -0.934. The largest absolute Gasteiger partial charge is 0.497 e. The van der Waals surface area contributed by atoms with Crippen LogP contribution in [0.25, 0.3) is 16.9 Å². The lowest BCUT2D eigenvalue weighted by Crippen LogP contribution is -2.12.